The van der Waals surface area contributed by atoms with Crippen LogP contribution in [-0.2, 0) is 14.3 Å². The molecule has 0 radical (unpaired) electrons. The molecule has 1 aromatic rings. The number of carbonyl (C=O) groups excluding carboxylic acids is 2. The first kappa shape index (κ1) is 19.1. The molecular formula is C17H24O6. The minimum absolute atomic E-state index is 0.224. The Morgan fingerprint density at radius 3 is 2.30 bits per heavy atom. The van der Waals surface area contributed by atoms with Crippen LogP contribution in [0.2, 0.25) is 0 Å². The van der Waals surface area contributed by atoms with Gasteiger partial charge in [0, 0.05) is 5.56 Å². The lowest BCUT2D eigenvalue weighted by Gasteiger charge is -2.15. The molecule has 0 fully saturated rings. The van der Waals surface area contributed by atoms with E-state index in [2.05, 4.69) is 0 Å². The molecule has 0 aromatic heterocycles. The second kappa shape index (κ2) is 9.27. The lowest BCUT2D eigenvalue weighted by atomic mass is 9.97. The summed E-state index contributed by atoms with van der Waals surface area (Å²) >= 11 is 0. The molecule has 0 unspecified atom stereocenters. The number of ketones is 1. The third kappa shape index (κ3) is 7.25. The molecule has 6 heteroatoms. The number of benzene rings is 1. The minimum atomic E-state index is -1.39. The molecule has 128 valence electrons. The molecule has 0 bridgehead atoms. The summed E-state index contributed by atoms with van der Waals surface area (Å²) in [5.74, 6) is -0.0156. The molecule has 0 saturated heterocycles. The molecule has 1 N–H and O–H groups in total. The molecule has 0 aliphatic rings. The van der Waals surface area contributed by atoms with Crippen LogP contribution >= 0.6 is 0 Å². The Bertz CT molecular complexity index is 501. The SMILES string of the molecule is CCOC(=O)CCOCCOc1ccc(C(=O)C(C)(C)O)cc1. The maximum atomic E-state index is 11.9. The van der Waals surface area contributed by atoms with Gasteiger partial charge in [0.25, 0.3) is 0 Å². The molecule has 1 rings (SSSR count). The van der Waals surface area contributed by atoms with E-state index in [4.69, 9.17) is 14.2 Å². The van der Waals surface area contributed by atoms with E-state index in [0.29, 0.717) is 37.7 Å². The first-order valence-corrected chi connectivity index (χ1v) is 7.58. The first-order chi connectivity index (χ1) is 10.8. The van der Waals surface area contributed by atoms with Crippen LogP contribution in [0.3, 0.4) is 0 Å². The summed E-state index contributed by atoms with van der Waals surface area (Å²) in [6.45, 7) is 6.01. The van der Waals surface area contributed by atoms with Gasteiger partial charge in [0.05, 0.1) is 26.2 Å². The summed E-state index contributed by atoms with van der Waals surface area (Å²) in [6, 6.07) is 6.55. The van der Waals surface area contributed by atoms with Gasteiger partial charge in [-0.2, -0.15) is 0 Å². The molecule has 23 heavy (non-hydrogen) atoms. The van der Waals surface area contributed by atoms with Crippen molar-refractivity contribution in [1.29, 1.82) is 0 Å². The van der Waals surface area contributed by atoms with Gasteiger partial charge in [-0.3, -0.25) is 9.59 Å². The van der Waals surface area contributed by atoms with Crippen molar-refractivity contribution in [1.82, 2.24) is 0 Å². The van der Waals surface area contributed by atoms with Crippen molar-refractivity contribution in [3.8, 4) is 5.75 Å². The Morgan fingerprint density at radius 1 is 1.09 bits per heavy atom. The number of aliphatic hydroxyl groups is 1. The zero-order valence-corrected chi connectivity index (χ0v) is 13.8. The normalized spacial score (nSPS) is 11.1. The van der Waals surface area contributed by atoms with Crippen LogP contribution in [0, 0.1) is 0 Å². The smallest absolute Gasteiger partial charge is 0.308 e. The standard InChI is InChI=1S/C17H24O6/c1-4-22-15(18)9-10-21-11-12-23-14-7-5-13(6-8-14)16(19)17(2,3)20/h5-8,20H,4,9-12H2,1-3H3. The summed E-state index contributed by atoms with van der Waals surface area (Å²) in [7, 11) is 0. The van der Waals surface area contributed by atoms with E-state index in [1.807, 2.05) is 0 Å². The lowest BCUT2D eigenvalue weighted by molar-refractivity contribution is -0.144. The highest BCUT2D eigenvalue weighted by molar-refractivity contribution is 6.01. The van der Waals surface area contributed by atoms with E-state index in [1.54, 1.807) is 31.2 Å². The van der Waals surface area contributed by atoms with E-state index in [9.17, 15) is 14.7 Å². The van der Waals surface area contributed by atoms with E-state index in [0.717, 1.165) is 0 Å². The average Bonchev–Trinajstić information content (AvgIpc) is 2.50. The second-order valence-corrected chi connectivity index (χ2v) is 5.43. The van der Waals surface area contributed by atoms with Gasteiger partial charge in [-0.25, -0.2) is 0 Å². The Labute approximate surface area is 136 Å². The van der Waals surface area contributed by atoms with E-state index in [1.165, 1.54) is 13.8 Å². The Hall–Kier alpha value is -1.92. The minimum Gasteiger partial charge on any atom is -0.491 e. The highest BCUT2D eigenvalue weighted by Gasteiger charge is 2.24. The largest absolute Gasteiger partial charge is 0.491 e. The molecule has 0 spiro atoms. The third-order valence-electron chi connectivity index (χ3n) is 2.92. The summed E-state index contributed by atoms with van der Waals surface area (Å²) in [6.07, 6.45) is 0.224. The number of hydrogen-bond donors (Lipinski definition) is 1. The maximum Gasteiger partial charge on any atom is 0.308 e. The van der Waals surface area contributed by atoms with Gasteiger partial charge in [0.2, 0.25) is 0 Å². The molecule has 6 nitrogen and oxygen atoms in total. The van der Waals surface area contributed by atoms with Gasteiger partial charge in [0.15, 0.2) is 5.78 Å². The monoisotopic (exact) mass is 324 g/mol. The van der Waals surface area contributed by atoms with Crippen molar-refractivity contribution in [2.24, 2.45) is 0 Å². The Balaban J connectivity index is 2.26. The number of esters is 1. The number of carbonyl (C=O) groups is 2. The van der Waals surface area contributed by atoms with Gasteiger partial charge >= 0.3 is 5.97 Å². The van der Waals surface area contributed by atoms with Crippen molar-refractivity contribution in [2.75, 3.05) is 26.4 Å². The third-order valence-corrected chi connectivity index (χ3v) is 2.92. The Kier molecular flexibility index (Phi) is 7.71. The second-order valence-electron chi connectivity index (χ2n) is 5.43. The van der Waals surface area contributed by atoms with E-state index >= 15 is 0 Å². The molecule has 0 aliphatic heterocycles. The fourth-order valence-corrected chi connectivity index (χ4v) is 1.76. The molecule has 0 amide bonds. The van der Waals surface area contributed by atoms with Gasteiger partial charge < -0.3 is 19.3 Å². The first-order valence-electron chi connectivity index (χ1n) is 7.58. The molecular weight excluding hydrogens is 300 g/mol. The maximum absolute atomic E-state index is 11.9. The number of Topliss-reactive ketones (excluding diaryl/α,β-unsaturated/α-hetero) is 1. The quantitative estimate of drug-likeness (QED) is 0.403. The predicted octanol–water partition coefficient (Wildman–Crippen LogP) is 1.99. The topological polar surface area (TPSA) is 82.1 Å². The fourth-order valence-electron chi connectivity index (χ4n) is 1.76. The molecule has 1 aromatic carbocycles. The summed E-state index contributed by atoms with van der Waals surface area (Å²) in [5.41, 5.74) is -0.967. The van der Waals surface area contributed by atoms with Crippen LogP contribution in [0.5, 0.6) is 5.75 Å². The predicted molar refractivity (Wildman–Crippen MR) is 84.6 cm³/mol. The van der Waals surface area contributed by atoms with Crippen LogP contribution in [0.25, 0.3) is 0 Å². The number of rotatable bonds is 10. The van der Waals surface area contributed by atoms with Gasteiger partial charge in [0.1, 0.15) is 18.0 Å². The molecule has 0 aliphatic carbocycles. The lowest BCUT2D eigenvalue weighted by Crippen LogP contribution is -2.30. The zero-order valence-electron chi connectivity index (χ0n) is 13.8. The number of ether oxygens (including phenoxy) is 3. The van der Waals surface area contributed by atoms with E-state index in [-0.39, 0.29) is 18.2 Å². The van der Waals surface area contributed by atoms with Crippen molar-refractivity contribution in [3.05, 3.63) is 29.8 Å². The number of hydrogen-bond acceptors (Lipinski definition) is 6. The van der Waals surface area contributed by atoms with Gasteiger partial charge in [-0.1, -0.05) is 0 Å². The average molecular weight is 324 g/mol. The van der Waals surface area contributed by atoms with Gasteiger partial charge in [-0.05, 0) is 45.0 Å². The van der Waals surface area contributed by atoms with Crippen LogP contribution in [0.15, 0.2) is 24.3 Å². The van der Waals surface area contributed by atoms with Crippen molar-refractivity contribution in [2.45, 2.75) is 32.8 Å². The van der Waals surface area contributed by atoms with Crippen LogP contribution in [0.1, 0.15) is 37.6 Å². The zero-order chi connectivity index (χ0) is 17.3. The fraction of sp³-hybridized carbons (Fsp3) is 0.529. The van der Waals surface area contributed by atoms with E-state index < -0.39 is 5.60 Å². The van der Waals surface area contributed by atoms with Gasteiger partial charge in [-0.15, -0.1) is 0 Å². The van der Waals surface area contributed by atoms with Crippen molar-refractivity contribution < 1.29 is 28.9 Å². The summed E-state index contributed by atoms with van der Waals surface area (Å²) in [4.78, 5) is 22.9. The van der Waals surface area contributed by atoms with Crippen LogP contribution in [-0.4, -0.2) is 48.9 Å². The van der Waals surface area contributed by atoms with Crippen molar-refractivity contribution in [3.63, 3.8) is 0 Å². The van der Waals surface area contributed by atoms with Crippen LogP contribution < -0.4 is 4.74 Å². The summed E-state index contributed by atoms with van der Waals surface area (Å²) in [5, 5.41) is 9.68. The molecule has 0 heterocycles. The van der Waals surface area contributed by atoms with Crippen molar-refractivity contribution >= 4 is 11.8 Å². The highest BCUT2D eigenvalue weighted by atomic mass is 16.5. The van der Waals surface area contributed by atoms with Crippen LogP contribution in [0.4, 0.5) is 0 Å². The highest BCUT2D eigenvalue weighted by Crippen LogP contribution is 2.17. The summed E-state index contributed by atoms with van der Waals surface area (Å²) < 4.78 is 15.5. The molecule has 0 saturated carbocycles. The Morgan fingerprint density at radius 2 is 1.74 bits per heavy atom. The molecule has 0 atom stereocenters.